The summed E-state index contributed by atoms with van der Waals surface area (Å²) in [6.45, 7) is 2.05. The third kappa shape index (κ3) is 30.7. The van der Waals surface area contributed by atoms with Gasteiger partial charge in [-0.2, -0.15) is 0 Å². The van der Waals surface area contributed by atoms with E-state index in [9.17, 15) is 0 Å². The van der Waals surface area contributed by atoms with Crippen LogP contribution in [0, 0.1) is 0 Å². The Balaban J connectivity index is 0. The van der Waals surface area contributed by atoms with Crippen LogP contribution in [0.4, 0.5) is 0 Å². The molecule has 0 spiro atoms. The zero-order valence-corrected chi connectivity index (χ0v) is 13.9. The van der Waals surface area contributed by atoms with E-state index in [4.69, 9.17) is 5.11 Å². The molecule has 0 aliphatic rings. The topological polar surface area (TPSA) is 20.2 Å². The van der Waals surface area contributed by atoms with Crippen LogP contribution in [-0.2, 0) is 6.63 Å². The van der Waals surface area contributed by atoms with Crippen LogP contribution >= 0.6 is 57.6 Å². The van der Waals surface area contributed by atoms with E-state index in [-0.39, 0.29) is 0 Å². The maximum atomic E-state index is 8.20. The van der Waals surface area contributed by atoms with Gasteiger partial charge in [-0.1, -0.05) is 19.8 Å². The van der Waals surface area contributed by atoms with E-state index in [2.05, 4.69) is 64.5 Å². The second-order valence-electron chi connectivity index (χ2n) is 1.64. The van der Waals surface area contributed by atoms with E-state index in [1.807, 2.05) is 0 Å². The molecule has 0 bridgehead atoms. The molecule has 0 radical (unpaired) electrons. The first-order valence-electron chi connectivity index (χ1n) is 3.09. The molecule has 0 heterocycles. The van der Waals surface area contributed by atoms with Crippen LogP contribution in [0.2, 0.25) is 0 Å². The summed E-state index contributed by atoms with van der Waals surface area (Å²) in [5.74, 6) is 0. The molecule has 0 fully saturated rings. The van der Waals surface area contributed by atoms with Gasteiger partial charge >= 0.3 is 64.2 Å². The van der Waals surface area contributed by atoms with E-state index in [1.165, 1.54) is 6.42 Å². The Morgan fingerprint density at radius 1 is 1.20 bits per heavy atom. The number of aliphatic hydroxyl groups is 1. The van der Waals surface area contributed by atoms with Gasteiger partial charge in [-0.15, -0.1) is 0 Å². The van der Waals surface area contributed by atoms with Gasteiger partial charge in [0.05, 0.1) is 0 Å². The third-order valence-electron chi connectivity index (χ3n) is 0.762. The van der Waals surface area contributed by atoms with Gasteiger partial charge in [0.25, 0.3) is 0 Å². The molecule has 0 saturated carbocycles. The van der Waals surface area contributed by atoms with Gasteiger partial charge in [0.2, 0.25) is 0 Å². The predicted molar refractivity (Wildman–Crippen MR) is 68.7 cm³/mol. The molecule has 0 rings (SSSR count). The number of rotatable bonds is 3. The Hall–Kier alpha value is 2.86. The molecule has 0 aromatic carbocycles. The predicted octanol–water partition coefficient (Wildman–Crippen LogP) is 3.82. The van der Waals surface area contributed by atoms with Crippen molar-refractivity contribution >= 4 is 57.6 Å². The van der Waals surface area contributed by atoms with Gasteiger partial charge < -0.3 is 5.11 Å². The molecule has 63 valence electrons. The van der Waals surface area contributed by atoms with E-state index >= 15 is 0 Å². The Morgan fingerprint density at radius 2 is 1.60 bits per heavy atom. The quantitative estimate of drug-likeness (QED) is 0.344. The van der Waals surface area contributed by atoms with Crippen molar-refractivity contribution in [1.82, 2.24) is 0 Å². The first-order valence-corrected chi connectivity index (χ1v) is 18.2. The van der Waals surface area contributed by atoms with Gasteiger partial charge in [0.1, 0.15) is 0 Å². The summed E-state index contributed by atoms with van der Waals surface area (Å²) in [5.41, 5.74) is 0. The van der Waals surface area contributed by atoms with E-state index < -0.39 is 6.63 Å². The fourth-order valence-corrected chi connectivity index (χ4v) is 0.362. The Kier molecular flexibility index (Phi) is 22.1. The maximum absolute atomic E-state index is 8.20. The molecule has 10 heavy (non-hydrogen) atoms. The molecule has 0 amide bonds. The molecule has 0 atom stereocenters. The first kappa shape index (κ1) is 15.3. The SMILES string of the molecule is CCCCCO.[I][Ti]([I])[I]. The van der Waals surface area contributed by atoms with Gasteiger partial charge in [0.15, 0.2) is 0 Å². The number of aliphatic hydroxyl groups excluding tert-OH is 1. The third-order valence-corrected chi connectivity index (χ3v) is 0.762. The van der Waals surface area contributed by atoms with Crippen molar-refractivity contribution in [2.45, 2.75) is 26.2 Å². The summed E-state index contributed by atoms with van der Waals surface area (Å²) < 4.78 is 0. The minimum atomic E-state index is -0.423. The Labute approximate surface area is 100.0 Å². The average molecular weight is 517 g/mol. The van der Waals surface area contributed by atoms with Crippen molar-refractivity contribution in [2.24, 2.45) is 0 Å². The Morgan fingerprint density at radius 3 is 1.70 bits per heavy atom. The fourth-order valence-electron chi connectivity index (χ4n) is 0.362. The number of hydrogen-bond acceptors (Lipinski definition) is 1. The summed E-state index contributed by atoms with van der Waals surface area (Å²) in [5, 5.41) is 8.20. The van der Waals surface area contributed by atoms with Crippen molar-refractivity contribution in [3.8, 4) is 0 Å². The normalized spacial score (nSPS) is 8.10. The summed E-state index contributed by atoms with van der Waals surface area (Å²) >= 11 is 7.45. The minimum absolute atomic E-state index is 0.355. The second-order valence-corrected chi connectivity index (χ2v) is 41.2. The summed E-state index contributed by atoms with van der Waals surface area (Å²) in [4.78, 5) is 0. The standard InChI is InChI=1S/C5H12O.3HI.Ti/c1-2-3-4-5-6;;;;/h6H,2-5H2,1H3;3*1H;/q;;;;+3/p-3. The average Bonchev–Trinajstić information content (AvgIpc) is 1.82. The van der Waals surface area contributed by atoms with Crippen molar-refractivity contribution in [1.29, 1.82) is 0 Å². The second kappa shape index (κ2) is 14.4. The van der Waals surface area contributed by atoms with Crippen LogP contribution in [0.25, 0.3) is 0 Å². The Bertz CT molecular complexity index is 47.4. The van der Waals surface area contributed by atoms with Crippen LogP contribution in [0.15, 0.2) is 0 Å². The molecule has 0 aliphatic carbocycles. The first-order chi connectivity index (χ1) is 4.65. The summed E-state index contributed by atoms with van der Waals surface area (Å²) in [6, 6.07) is 0. The van der Waals surface area contributed by atoms with Gasteiger partial charge in [-0.3, -0.25) is 0 Å². The van der Waals surface area contributed by atoms with Crippen molar-refractivity contribution in [3.05, 3.63) is 0 Å². The summed E-state index contributed by atoms with van der Waals surface area (Å²) in [7, 11) is 0. The zero-order valence-electron chi connectivity index (χ0n) is 5.91. The molecular formula is C5H12I3OTi. The van der Waals surface area contributed by atoms with Crippen LogP contribution in [-0.4, -0.2) is 11.7 Å². The van der Waals surface area contributed by atoms with Crippen LogP contribution < -0.4 is 0 Å². The van der Waals surface area contributed by atoms with Crippen molar-refractivity contribution < 1.29 is 11.7 Å². The van der Waals surface area contributed by atoms with Crippen LogP contribution in [0.5, 0.6) is 0 Å². The van der Waals surface area contributed by atoms with Crippen LogP contribution in [0.1, 0.15) is 26.2 Å². The molecule has 1 nitrogen and oxygen atoms in total. The number of unbranched alkanes of at least 4 members (excludes halogenated alkanes) is 2. The number of halogens is 3. The molecule has 0 aromatic heterocycles. The van der Waals surface area contributed by atoms with E-state index in [0.717, 1.165) is 12.8 Å². The molecular weight excluding hydrogens is 505 g/mol. The molecule has 0 aromatic rings. The monoisotopic (exact) mass is 517 g/mol. The molecule has 0 unspecified atom stereocenters. The molecule has 5 heteroatoms. The van der Waals surface area contributed by atoms with E-state index in [1.54, 1.807) is 0 Å². The molecule has 0 aliphatic heterocycles. The van der Waals surface area contributed by atoms with Crippen molar-refractivity contribution in [3.63, 3.8) is 0 Å². The number of hydrogen-bond donors (Lipinski definition) is 1. The van der Waals surface area contributed by atoms with Crippen molar-refractivity contribution in [2.75, 3.05) is 6.61 Å². The van der Waals surface area contributed by atoms with Gasteiger partial charge in [-0.25, -0.2) is 0 Å². The fraction of sp³-hybridized carbons (Fsp3) is 1.00. The van der Waals surface area contributed by atoms with Gasteiger partial charge in [-0.05, 0) is 6.42 Å². The van der Waals surface area contributed by atoms with Crippen LogP contribution in [0.3, 0.4) is 0 Å². The molecule has 0 saturated heterocycles. The summed E-state index contributed by atoms with van der Waals surface area (Å²) in [6.07, 6.45) is 3.33. The molecule has 1 N–H and O–H groups in total. The zero-order chi connectivity index (χ0) is 8.41. The van der Waals surface area contributed by atoms with Gasteiger partial charge in [0, 0.05) is 6.61 Å². The van der Waals surface area contributed by atoms with E-state index in [0.29, 0.717) is 6.61 Å².